The Balaban J connectivity index is 2.04. The standard InChI is InChI=1S/C17H16ClN3/c1-10-3-2-4-13(16(10)19)17-20-14-8-5-11(18)9-15(14)21(17)12-6-7-12/h2-5,8-9,12H,6-7,19H2,1H3. The number of benzene rings is 2. The van der Waals surface area contributed by atoms with Crippen molar-refractivity contribution in [3.63, 3.8) is 0 Å². The van der Waals surface area contributed by atoms with E-state index in [0.717, 1.165) is 38.7 Å². The van der Waals surface area contributed by atoms with E-state index in [9.17, 15) is 0 Å². The number of aryl methyl sites for hydroxylation is 1. The van der Waals surface area contributed by atoms with Crippen molar-refractivity contribution >= 4 is 28.3 Å². The smallest absolute Gasteiger partial charge is 0.143 e. The maximum absolute atomic E-state index is 6.28. The van der Waals surface area contributed by atoms with Gasteiger partial charge in [-0.3, -0.25) is 0 Å². The van der Waals surface area contributed by atoms with Gasteiger partial charge in [-0.2, -0.15) is 0 Å². The summed E-state index contributed by atoms with van der Waals surface area (Å²) >= 11 is 6.16. The number of hydrogen-bond acceptors (Lipinski definition) is 2. The van der Waals surface area contributed by atoms with Gasteiger partial charge in [0.05, 0.1) is 11.0 Å². The summed E-state index contributed by atoms with van der Waals surface area (Å²) in [4.78, 5) is 4.81. The van der Waals surface area contributed by atoms with Gasteiger partial charge >= 0.3 is 0 Å². The van der Waals surface area contributed by atoms with E-state index in [2.05, 4.69) is 4.57 Å². The van der Waals surface area contributed by atoms with Crippen LogP contribution in [-0.2, 0) is 0 Å². The molecular weight excluding hydrogens is 282 g/mol. The minimum Gasteiger partial charge on any atom is -0.398 e. The molecule has 4 rings (SSSR count). The SMILES string of the molecule is Cc1cccc(-c2nc3ccc(Cl)cc3n2C2CC2)c1N. The molecule has 0 bridgehead atoms. The topological polar surface area (TPSA) is 43.8 Å². The molecule has 1 fully saturated rings. The number of nitrogens with two attached hydrogens (primary N) is 1. The van der Waals surface area contributed by atoms with Crippen LogP contribution < -0.4 is 5.73 Å². The molecule has 1 aromatic heterocycles. The van der Waals surface area contributed by atoms with Gasteiger partial charge in [0.25, 0.3) is 0 Å². The Labute approximate surface area is 128 Å². The van der Waals surface area contributed by atoms with Gasteiger partial charge in [0.1, 0.15) is 5.82 Å². The summed E-state index contributed by atoms with van der Waals surface area (Å²) in [5, 5.41) is 0.744. The molecule has 0 saturated heterocycles. The van der Waals surface area contributed by atoms with Gasteiger partial charge in [0.15, 0.2) is 0 Å². The van der Waals surface area contributed by atoms with E-state index < -0.39 is 0 Å². The van der Waals surface area contributed by atoms with E-state index in [1.807, 2.05) is 43.3 Å². The van der Waals surface area contributed by atoms with Crippen molar-refractivity contribution in [2.45, 2.75) is 25.8 Å². The van der Waals surface area contributed by atoms with Crippen LogP contribution in [0.1, 0.15) is 24.4 Å². The quantitative estimate of drug-likeness (QED) is 0.703. The molecule has 4 heteroatoms. The average Bonchev–Trinajstić information content (AvgIpc) is 3.23. The zero-order chi connectivity index (χ0) is 14.6. The number of imidazole rings is 1. The third-order valence-electron chi connectivity index (χ3n) is 4.13. The van der Waals surface area contributed by atoms with E-state index in [1.165, 1.54) is 12.8 Å². The molecule has 0 unspecified atom stereocenters. The Bertz CT molecular complexity index is 847. The highest BCUT2D eigenvalue weighted by Gasteiger charge is 2.29. The summed E-state index contributed by atoms with van der Waals surface area (Å²) in [5.74, 6) is 0.955. The molecule has 3 nitrogen and oxygen atoms in total. The van der Waals surface area contributed by atoms with Crippen molar-refractivity contribution in [3.8, 4) is 11.4 Å². The second-order valence-corrected chi connectivity index (χ2v) is 6.14. The average molecular weight is 298 g/mol. The van der Waals surface area contributed by atoms with Crippen molar-refractivity contribution in [2.24, 2.45) is 0 Å². The lowest BCUT2D eigenvalue weighted by Crippen LogP contribution is -2.01. The first kappa shape index (κ1) is 12.7. The molecule has 106 valence electrons. The molecule has 1 aliphatic carbocycles. The van der Waals surface area contributed by atoms with Crippen LogP contribution in [0.15, 0.2) is 36.4 Å². The highest BCUT2D eigenvalue weighted by molar-refractivity contribution is 6.31. The normalized spacial score (nSPS) is 14.8. The molecule has 2 N–H and O–H groups in total. The van der Waals surface area contributed by atoms with Crippen LogP contribution in [0.4, 0.5) is 5.69 Å². The van der Waals surface area contributed by atoms with Gasteiger partial charge in [0, 0.05) is 22.3 Å². The molecule has 3 aromatic rings. The molecular formula is C17H16ClN3. The van der Waals surface area contributed by atoms with Crippen LogP contribution in [0.3, 0.4) is 0 Å². The molecule has 2 aromatic carbocycles. The van der Waals surface area contributed by atoms with E-state index in [1.54, 1.807) is 0 Å². The highest BCUT2D eigenvalue weighted by Crippen LogP contribution is 2.42. The van der Waals surface area contributed by atoms with Gasteiger partial charge in [0.2, 0.25) is 0 Å². The minimum atomic E-state index is 0.517. The van der Waals surface area contributed by atoms with Crippen LogP contribution in [0.2, 0.25) is 5.02 Å². The van der Waals surface area contributed by atoms with Gasteiger partial charge in [-0.15, -0.1) is 0 Å². The fourth-order valence-corrected chi connectivity index (χ4v) is 3.00. The monoisotopic (exact) mass is 297 g/mol. The molecule has 0 atom stereocenters. The zero-order valence-corrected chi connectivity index (χ0v) is 12.6. The summed E-state index contributed by atoms with van der Waals surface area (Å²) in [6, 6.07) is 12.5. The van der Waals surface area contributed by atoms with Crippen LogP contribution in [-0.4, -0.2) is 9.55 Å². The third kappa shape index (κ3) is 2.00. The second-order valence-electron chi connectivity index (χ2n) is 5.71. The Morgan fingerprint density at radius 3 is 2.81 bits per heavy atom. The summed E-state index contributed by atoms with van der Waals surface area (Å²) in [6.45, 7) is 2.03. The molecule has 0 aliphatic heterocycles. The van der Waals surface area contributed by atoms with Crippen molar-refractivity contribution in [1.29, 1.82) is 0 Å². The van der Waals surface area contributed by atoms with Crippen LogP contribution in [0.25, 0.3) is 22.4 Å². The lowest BCUT2D eigenvalue weighted by Gasteiger charge is -2.11. The van der Waals surface area contributed by atoms with Crippen molar-refractivity contribution in [3.05, 3.63) is 47.0 Å². The first-order valence-corrected chi connectivity index (χ1v) is 7.56. The lowest BCUT2D eigenvalue weighted by molar-refractivity contribution is 0.775. The van der Waals surface area contributed by atoms with Crippen molar-refractivity contribution < 1.29 is 0 Å². The molecule has 1 aliphatic rings. The van der Waals surface area contributed by atoms with E-state index >= 15 is 0 Å². The third-order valence-corrected chi connectivity index (χ3v) is 4.36. The number of fused-ring (bicyclic) bond motifs is 1. The molecule has 21 heavy (non-hydrogen) atoms. The second kappa shape index (κ2) is 4.50. The van der Waals surface area contributed by atoms with Crippen LogP contribution in [0, 0.1) is 6.92 Å². The number of aromatic nitrogens is 2. The Morgan fingerprint density at radius 2 is 2.05 bits per heavy atom. The van der Waals surface area contributed by atoms with Crippen molar-refractivity contribution in [1.82, 2.24) is 9.55 Å². The molecule has 0 amide bonds. The maximum Gasteiger partial charge on any atom is 0.143 e. The highest BCUT2D eigenvalue weighted by atomic mass is 35.5. The fourth-order valence-electron chi connectivity index (χ4n) is 2.83. The Morgan fingerprint density at radius 1 is 1.24 bits per heavy atom. The first-order chi connectivity index (χ1) is 10.1. The van der Waals surface area contributed by atoms with Gasteiger partial charge < -0.3 is 10.3 Å². The number of nitrogens with zero attached hydrogens (tertiary/aromatic N) is 2. The number of nitrogen functional groups attached to an aromatic ring is 1. The predicted molar refractivity (Wildman–Crippen MR) is 87.6 cm³/mol. The molecule has 1 heterocycles. The first-order valence-electron chi connectivity index (χ1n) is 7.18. The van der Waals surface area contributed by atoms with E-state index in [0.29, 0.717) is 6.04 Å². The maximum atomic E-state index is 6.28. The fraction of sp³-hybridized carbons (Fsp3) is 0.235. The summed E-state index contributed by atoms with van der Waals surface area (Å²) in [6.07, 6.45) is 2.38. The van der Waals surface area contributed by atoms with Gasteiger partial charge in [-0.25, -0.2) is 4.98 Å². The van der Waals surface area contributed by atoms with E-state index in [4.69, 9.17) is 22.3 Å². The number of anilines is 1. The predicted octanol–water partition coefficient (Wildman–Crippen LogP) is 4.58. The number of para-hydroxylation sites is 1. The van der Waals surface area contributed by atoms with Crippen LogP contribution >= 0.6 is 11.6 Å². The summed E-state index contributed by atoms with van der Waals surface area (Å²) in [5.41, 5.74) is 11.2. The summed E-state index contributed by atoms with van der Waals surface area (Å²) < 4.78 is 2.30. The number of hydrogen-bond donors (Lipinski definition) is 1. The number of rotatable bonds is 2. The lowest BCUT2D eigenvalue weighted by atomic mass is 10.1. The van der Waals surface area contributed by atoms with Gasteiger partial charge in [-0.05, 0) is 49.6 Å². The largest absolute Gasteiger partial charge is 0.398 e. The molecule has 0 spiro atoms. The number of halogens is 1. The molecule has 0 radical (unpaired) electrons. The molecule has 1 saturated carbocycles. The minimum absolute atomic E-state index is 0.517. The summed E-state index contributed by atoms with van der Waals surface area (Å²) in [7, 11) is 0. The Hall–Kier alpha value is -2.00. The Kier molecular flexibility index (Phi) is 2.73. The van der Waals surface area contributed by atoms with Crippen LogP contribution in [0.5, 0.6) is 0 Å². The van der Waals surface area contributed by atoms with E-state index in [-0.39, 0.29) is 0 Å². The van der Waals surface area contributed by atoms with Crippen molar-refractivity contribution in [2.75, 3.05) is 5.73 Å². The zero-order valence-electron chi connectivity index (χ0n) is 11.8. The van der Waals surface area contributed by atoms with Gasteiger partial charge in [-0.1, -0.05) is 23.7 Å².